The second kappa shape index (κ2) is 5.78. The molecule has 0 bridgehead atoms. The molecule has 0 unspecified atom stereocenters. The van der Waals surface area contributed by atoms with Gasteiger partial charge in [0, 0.05) is 17.0 Å². The van der Waals surface area contributed by atoms with Crippen LogP contribution in [0.25, 0.3) is 0 Å². The van der Waals surface area contributed by atoms with Crippen molar-refractivity contribution >= 4 is 31.9 Å². The second-order valence-corrected chi connectivity index (χ2v) is 6.80. The molecule has 0 fully saturated rings. The predicted octanol–water partition coefficient (Wildman–Crippen LogP) is 5.39. The molecular formula is C16H16Br2O2. The van der Waals surface area contributed by atoms with E-state index in [1.807, 2.05) is 45.0 Å². The van der Waals surface area contributed by atoms with Crippen LogP contribution in [0.2, 0.25) is 0 Å². The van der Waals surface area contributed by atoms with E-state index in [1.54, 1.807) is 0 Å². The van der Waals surface area contributed by atoms with Crippen LogP contribution in [0.1, 0.15) is 35.1 Å². The molecule has 0 saturated carbocycles. The lowest BCUT2D eigenvalue weighted by Gasteiger charge is -2.18. The van der Waals surface area contributed by atoms with E-state index in [0.29, 0.717) is 8.95 Å². The van der Waals surface area contributed by atoms with E-state index in [9.17, 15) is 10.2 Å². The van der Waals surface area contributed by atoms with Gasteiger partial charge in [-0.2, -0.15) is 0 Å². The van der Waals surface area contributed by atoms with Crippen LogP contribution in [0.5, 0.6) is 11.5 Å². The monoisotopic (exact) mass is 398 g/mol. The molecule has 2 rings (SSSR count). The molecule has 4 heteroatoms. The molecule has 0 aromatic heterocycles. The molecule has 0 saturated heterocycles. The van der Waals surface area contributed by atoms with Crippen molar-refractivity contribution in [2.45, 2.75) is 26.7 Å². The highest BCUT2D eigenvalue weighted by Crippen LogP contribution is 2.41. The van der Waals surface area contributed by atoms with E-state index in [2.05, 4.69) is 31.9 Å². The van der Waals surface area contributed by atoms with E-state index in [1.165, 1.54) is 0 Å². The molecule has 0 spiro atoms. The van der Waals surface area contributed by atoms with Crippen LogP contribution in [0.4, 0.5) is 0 Å². The lowest BCUT2D eigenvalue weighted by atomic mass is 9.90. The van der Waals surface area contributed by atoms with Crippen molar-refractivity contribution in [3.63, 3.8) is 0 Å². The van der Waals surface area contributed by atoms with Gasteiger partial charge in [-0.3, -0.25) is 0 Å². The summed E-state index contributed by atoms with van der Waals surface area (Å²) < 4.78 is 1.34. The Balaban J connectivity index is 2.60. The molecule has 0 atom stereocenters. The largest absolute Gasteiger partial charge is 0.506 e. The summed E-state index contributed by atoms with van der Waals surface area (Å²) in [6, 6.07) is 7.63. The number of rotatable bonds is 2. The average molecular weight is 400 g/mol. The fourth-order valence-electron chi connectivity index (χ4n) is 2.35. The Bertz CT molecular complexity index is 609. The van der Waals surface area contributed by atoms with Gasteiger partial charge in [0.15, 0.2) is 0 Å². The molecule has 2 aromatic rings. The van der Waals surface area contributed by atoms with Gasteiger partial charge in [-0.15, -0.1) is 0 Å². The first-order valence-corrected chi connectivity index (χ1v) is 7.88. The van der Waals surface area contributed by atoms with Crippen molar-refractivity contribution in [1.82, 2.24) is 0 Å². The molecule has 0 aliphatic rings. The Morgan fingerprint density at radius 1 is 0.800 bits per heavy atom. The number of aromatic hydroxyl groups is 2. The number of phenolic OH excluding ortho intramolecular Hbond substituents is 2. The van der Waals surface area contributed by atoms with Crippen molar-refractivity contribution in [2.24, 2.45) is 0 Å². The Kier molecular flexibility index (Phi) is 4.45. The van der Waals surface area contributed by atoms with Crippen molar-refractivity contribution in [3.8, 4) is 11.5 Å². The van der Waals surface area contributed by atoms with Crippen LogP contribution in [0.3, 0.4) is 0 Å². The van der Waals surface area contributed by atoms with Crippen molar-refractivity contribution in [1.29, 1.82) is 0 Å². The molecule has 2 aromatic carbocycles. The van der Waals surface area contributed by atoms with E-state index < -0.39 is 0 Å². The molecule has 0 amide bonds. The van der Waals surface area contributed by atoms with Crippen LogP contribution in [-0.4, -0.2) is 10.2 Å². The zero-order valence-corrected chi connectivity index (χ0v) is 14.7. The third-order valence-electron chi connectivity index (χ3n) is 3.41. The zero-order valence-electron chi connectivity index (χ0n) is 11.5. The van der Waals surface area contributed by atoms with E-state index in [-0.39, 0.29) is 17.4 Å². The van der Waals surface area contributed by atoms with Crippen molar-refractivity contribution in [2.75, 3.05) is 0 Å². The van der Waals surface area contributed by atoms with Gasteiger partial charge in [-0.05, 0) is 69.0 Å². The molecule has 0 heterocycles. The Morgan fingerprint density at radius 3 is 1.50 bits per heavy atom. The number of hydrogen-bond donors (Lipinski definition) is 2. The van der Waals surface area contributed by atoms with Gasteiger partial charge < -0.3 is 10.2 Å². The summed E-state index contributed by atoms with van der Waals surface area (Å²) in [5, 5.41) is 20.5. The third kappa shape index (κ3) is 2.86. The molecule has 20 heavy (non-hydrogen) atoms. The average Bonchev–Trinajstić information content (AvgIpc) is 2.37. The van der Waals surface area contributed by atoms with Gasteiger partial charge in [-0.25, -0.2) is 0 Å². The van der Waals surface area contributed by atoms with Crippen LogP contribution >= 0.6 is 31.9 Å². The summed E-state index contributed by atoms with van der Waals surface area (Å²) >= 11 is 6.73. The molecule has 2 N–H and O–H groups in total. The quantitative estimate of drug-likeness (QED) is 0.710. The van der Waals surface area contributed by atoms with Crippen LogP contribution in [0, 0.1) is 13.8 Å². The lowest BCUT2D eigenvalue weighted by Crippen LogP contribution is -1.99. The maximum atomic E-state index is 10.2. The van der Waals surface area contributed by atoms with Crippen LogP contribution < -0.4 is 0 Å². The number of benzene rings is 2. The fraction of sp³-hybridized carbons (Fsp3) is 0.250. The van der Waals surface area contributed by atoms with E-state index in [4.69, 9.17) is 0 Å². The zero-order chi connectivity index (χ0) is 15.0. The first-order chi connectivity index (χ1) is 9.31. The molecule has 0 aliphatic heterocycles. The molecule has 0 aliphatic carbocycles. The highest BCUT2D eigenvalue weighted by atomic mass is 79.9. The molecule has 0 radical (unpaired) electrons. The first-order valence-electron chi connectivity index (χ1n) is 6.29. The summed E-state index contributed by atoms with van der Waals surface area (Å²) in [7, 11) is 0. The number of hydrogen-bond acceptors (Lipinski definition) is 2. The van der Waals surface area contributed by atoms with Gasteiger partial charge in [0.25, 0.3) is 0 Å². The van der Waals surface area contributed by atoms with Gasteiger partial charge in [0.2, 0.25) is 0 Å². The van der Waals surface area contributed by atoms with Gasteiger partial charge in [-0.1, -0.05) is 19.1 Å². The fourth-order valence-corrected chi connectivity index (χ4v) is 3.53. The maximum Gasteiger partial charge on any atom is 0.133 e. The van der Waals surface area contributed by atoms with Crippen molar-refractivity contribution < 1.29 is 10.2 Å². The minimum atomic E-state index is -0.109. The molecule has 106 valence electrons. The minimum absolute atomic E-state index is 0.109. The summed E-state index contributed by atoms with van der Waals surface area (Å²) in [6.07, 6.45) is 0. The van der Waals surface area contributed by atoms with Crippen LogP contribution in [-0.2, 0) is 0 Å². The van der Waals surface area contributed by atoms with E-state index in [0.717, 1.165) is 22.3 Å². The topological polar surface area (TPSA) is 40.5 Å². The summed E-state index contributed by atoms with van der Waals surface area (Å²) in [5.41, 5.74) is 3.71. The SMILES string of the molecule is Cc1cc(Br)c(O)c(C(C)c2cc(C)cc(Br)c2O)c1. The number of halogens is 2. The smallest absolute Gasteiger partial charge is 0.133 e. The summed E-state index contributed by atoms with van der Waals surface area (Å²) in [4.78, 5) is 0. The summed E-state index contributed by atoms with van der Waals surface area (Å²) in [6.45, 7) is 5.93. The molecule has 2 nitrogen and oxygen atoms in total. The van der Waals surface area contributed by atoms with Gasteiger partial charge in [0.05, 0.1) is 8.95 Å². The summed E-state index contributed by atoms with van der Waals surface area (Å²) in [5.74, 6) is 0.336. The highest BCUT2D eigenvalue weighted by Gasteiger charge is 2.19. The highest BCUT2D eigenvalue weighted by molar-refractivity contribution is 9.10. The normalized spacial score (nSPS) is 11.1. The molecular weight excluding hydrogens is 384 g/mol. The lowest BCUT2D eigenvalue weighted by molar-refractivity contribution is 0.453. The Labute approximate surface area is 135 Å². The predicted molar refractivity (Wildman–Crippen MR) is 88.6 cm³/mol. The van der Waals surface area contributed by atoms with Gasteiger partial charge >= 0.3 is 0 Å². The number of phenols is 2. The van der Waals surface area contributed by atoms with E-state index >= 15 is 0 Å². The number of aryl methyl sites for hydroxylation is 2. The van der Waals surface area contributed by atoms with Crippen LogP contribution in [0.15, 0.2) is 33.2 Å². The van der Waals surface area contributed by atoms with Crippen molar-refractivity contribution in [3.05, 3.63) is 55.5 Å². The Morgan fingerprint density at radius 2 is 1.15 bits per heavy atom. The standard InChI is InChI=1S/C16H16Br2O2/c1-8-4-11(15(19)13(17)6-8)10(3)12-5-9(2)7-14(18)16(12)20/h4-7,10,19-20H,1-3H3. The second-order valence-electron chi connectivity index (χ2n) is 5.09. The van der Waals surface area contributed by atoms with Gasteiger partial charge in [0.1, 0.15) is 11.5 Å². The minimum Gasteiger partial charge on any atom is -0.506 e. The third-order valence-corrected chi connectivity index (χ3v) is 4.62. The maximum absolute atomic E-state index is 10.2. The first kappa shape index (κ1) is 15.4. The Hall–Kier alpha value is -1.00.